The highest BCUT2D eigenvalue weighted by Crippen LogP contribution is 1.99. The first-order valence-electron chi connectivity index (χ1n) is 5.34. The van der Waals surface area contributed by atoms with Gasteiger partial charge in [0.2, 0.25) is 5.91 Å². The van der Waals surface area contributed by atoms with Crippen molar-refractivity contribution >= 4 is 11.8 Å². The Morgan fingerprint density at radius 1 is 1.24 bits per heavy atom. The molecule has 0 aliphatic carbocycles. The van der Waals surface area contributed by atoms with Crippen LogP contribution in [0.5, 0.6) is 0 Å². The van der Waals surface area contributed by atoms with E-state index in [1.165, 1.54) is 11.0 Å². The van der Waals surface area contributed by atoms with E-state index in [-0.39, 0.29) is 18.4 Å². The lowest BCUT2D eigenvalue weighted by Crippen LogP contribution is -2.36. The summed E-state index contributed by atoms with van der Waals surface area (Å²) in [4.78, 5) is 24.4. The quantitative estimate of drug-likeness (QED) is 0.577. The summed E-state index contributed by atoms with van der Waals surface area (Å²) in [7, 11) is 3.28. The SMILES string of the molecule is C=C/C(=C\C=C(C)C)C(=O)NCC(=O)N(C)C. The first-order chi connectivity index (χ1) is 7.88. The van der Waals surface area contributed by atoms with Crippen molar-refractivity contribution in [1.29, 1.82) is 0 Å². The van der Waals surface area contributed by atoms with Crippen LogP contribution in [-0.2, 0) is 9.59 Å². The molecule has 0 bridgehead atoms. The molecule has 0 atom stereocenters. The smallest absolute Gasteiger partial charge is 0.251 e. The van der Waals surface area contributed by atoms with Crippen molar-refractivity contribution in [2.75, 3.05) is 20.6 Å². The normalized spacial score (nSPS) is 10.5. The molecule has 0 aliphatic heterocycles. The molecule has 0 saturated heterocycles. The van der Waals surface area contributed by atoms with Crippen molar-refractivity contribution in [3.05, 3.63) is 36.0 Å². The average molecular weight is 236 g/mol. The molecule has 0 heterocycles. The summed E-state index contributed by atoms with van der Waals surface area (Å²) in [6, 6.07) is 0. The lowest BCUT2D eigenvalue weighted by atomic mass is 10.2. The Kier molecular flexibility index (Phi) is 6.63. The van der Waals surface area contributed by atoms with Crippen LogP contribution in [0, 0.1) is 0 Å². The van der Waals surface area contributed by atoms with Gasteiger partial charge in [-0.2, -0.15) is 0 Å². The van der Waals surface area contributed by atoms with Gasteiger partial charge in [0, 0.05) is 19.7 Å². The Labute approximate surface area is 103 Å². The molecule has 0 rings (SSSR count). The summed E-state index contributed by atoms with van der Waals surface area (Å²) in [5.41, 5.74) is 1.53. The van der Waals surface area contributed by atoms with E-state index in [1.54, 1.807) is 20.2 Å². The lowest BCUT2D eigenvalue weighted by Gasteiger charge is -2.11. The highest BCUT2D eigenvalue weighted by molar-refractivity contribution is 5.98. The second-order valence-electron chi connectivity index (χ2n) is 4.04. The van der Waals surface area contributed by atoms with Gasteiger partial charge in [0.15, 0.2) is 0 Å². The highest BCUT2D eigenvalue weighted by atomic mass is 16.2. The van der Waals surface area contributed by atoms with E-state index in [4.69, 9.17) is 0 Å². The molecule has 94 valence electrons. The van der Waals surface area contributed by atoms with Crippen LogP contribution in [0.4, 0.5) is 0 Å². The summed E-state index contributed by atoms with van der Waals surface area (Å²) in [5, 5.41) is 2.54. The van der Waals surface area contributed by atoms with Crippen molar-refractivity contribution in [2.24, 2.45) is 0 Å². The number of carbonyl (C=O) groups is 2. The minimum Gasteiger partial charge on any atom is -0.347 e. The maximum absolute atomic E-state index is 11.7. The average Bonchev–Trinajstić information content (AvgIpc) is 2.25. The van der Waals surface area contributed by atoms with Gasteiger partial charge < -0.3 is 10.2 Å². The number of amides is 2. The van der Waals surface area contributed by atoms with Crippen molar-refractivity contribution < 1.29 is 9.59 Å². The number of nitrogens with zero attached hydrogens (tertiary/aromatic N) is 1. The third-order valence-electron chi connectivity index (χ3n) is 1.98. The van der Waals surface area contributed by atoms with E-state index in [0.29, 0.717) is 5.57 Å². The fourth-order valence-electron chi connectivity index (χ4n) is 0.909. The van der Waals surface area contributed by atoms with Gasteiger partial charge >= 0.3 is 0 Å². The molecular weight excluding hydrogens is 216 g/mol. The van der Waals surface area contributed by atoms with Crippen LogP contribution < -0.4 is 5.32 Å². The van der Waals surface area contributed by atoms with Crippen molar-refractivity contribution in [2.45, 2.75) is 13.8 Å². The summed E-state index contributed by atoms with van der Waals surface area (Å²) in [5.74, 6) is -0.448. The third kappa shape index (κ3) is 6.35. The first-order valence-corrected chi connectivity index (χ1v) is 5.34. The molecule has 17 heavy (non-hydrogen) atoms. The number of nitrogens with one attached hydrogen (secondary N) is 1. The van der Waals surface area contributed by atoms with E-state index in [2.05, 4.69) is 11.9 Å². The molecule has 0 spiro atoms. The van der Waals surface area contributed by atoms with Gasteiger partial charge in [-0.05, 0) is 19.9 Å². The Balaban J connectivity index is 4.48. The van der Waals surface area contributed by atoms with Crippen molar-refractivity contribution in [3.63, 3.8) is 0 Å². The first kappa shape index (κ1) is 15.2. The second kappa shape index (κ2) is 7.44. The summed E-state index contributed by atoms with van der Waals surface area (Å²) < 4.78 is 0. The zero-order valence-electron chi connectivity index (χ0n) is 10.9. The van der Waals surface area contributed by atoms with Crippen LogP contribution in [-0.4, -0.2) is 37.4 Å². The van der Waals surface area contributed by atoms with Crippen LogP contribution >= 0.6 is 0 Å². The zero-order chi connectivity index (χ0) is 13.4. The Bertz CT molecular complexity index is 362. The van der Waals surface area contributed by atoms with Gasteiger partial charge in [-0.1, -0.05) is 24.3 Å². The number of carbonyl (C=O) groups excluding carboxylic acids is 2. The largest absolute Gasteiger partial charge is 0.347 e. The molecule has 0 unspecified atom stereocenters. The Morgan fingerprint density at radius 3 is 2.24 bits per heavy atom. The molecule has 1 N–H and O–H groups in total. The molecule has 0 aromatic rings. The number of allylic oxidation sites excluding steroid dienone is 3. The van der Waals surface area contributed by atoms with E-state index >= 15 is 0 Å². The van der Waals surface area contributed by atoms with Gasteiger partial charge in [-0.3, -0.25) is 9.59 Å². The van der Waals surface area contributed by atoms with E-state index in [9.17, 15) is 9.59 Å². The number of hydrogen-bond donors (Lipinski definition) is 1. The lowest BCUT2D eigenvalue weighted by molar-refractivity contribution is -0.129. The van der Waals surface area contributed by atoms with Crippen LogP contribution in [0.15, 0.2) is 36.0 Å². The Hall–Kier alpha value is -1.84. The van der Waals surface area contributed by atoms with Gasteiger partial charge in [0.05, 0.1) is 6.54 Å². The molecule has 2 amide bonds. The maximum atomic E-state index is 11.7. The van der Waals surface area contributed by atoms with Crippen molar-refractivity contribution in [3.8, 4) is 0 Å². The second-order valence-corrected chi connectivity index (χ2v) is 4.04. The van der Waals surface area contributed by atoms with Crippen LogP contribution in [0.1, 0.15) is 13.8 Å². The summed E-state index contributed by atoms with van der Waals surface area (Å²) in [6.07, 6.45) is 4.97. The Morgan fingerprint density at radius 2 is 1.82 bits per heavy atom. The molecule has 0 aromatic heterocycles. The van der Waals surface area contributed by atoms with Gasteiger partial charge in [-0.15, -0.1) is 0 Å². The molecule has 0 aliphatic rings. The van der Waals surface area contributed by atoms with Crippen LogP contribution in [0.2, 0.25) is 0 Å². The maximum Gasteiger partial charge on any atom is 0.251 e. The zero-order valence-corrected chi connectivity index (χ0v) is 10.9. The van der Waals surface area contributed by atoms with E-state index in [0.717, 1.165) is 5.57 Å². The minimum atomic E-state index is -0.298. The molecule has 4 nitrogen and oxygen atoms in total. The monoisotopic (exact) mass is 236 g/mol. The molecule has 0 saturated carbocycles. The molecular formula is C13H20N2O2. The fraction of sp³-hybridized carbons (Fsp3) is 0.385. The predicted molar refractivity (Wildman–Crippen MR) is 69.4 cm³/mol. The number of hydrogen-bond acceptors (Lipinski definition) is 2. The van der Waals surface area contributed by atoms with E-state index in [1.807, 2.05) is 19.9 Å². The predicted octanol–water partition coefficient (Wildman–Crippen LogP) is 1.27. The third-order valence-corrected chi connectivity index (χ3v) is 1.98. The number of rotatable bonds is 5. The standard InChI is InChI=1S/C13H20N2O2/c1-6-11(8-7-10(2)3)13(17)14-9-12(16)15(4)5/h6-8H,1,9H2,2-5H3,(H,14,17)/b11-8+. The van der Waals surface area contributed by atoms with Gasteiger partial charge in [0.25, 0.3) is 5.91 Å². The van der Waals surface area contributed by atoms with Gasteiger partial charge in [-0.25, -0.2) is 0 Å². The number of likely N-dealkylation sites (N-methyl/N-ethyl adjacent to an activating group) is 1. The molecule has 0 fully saturated rings. The summed E-state index contributed by atoms with van der Waals surface area (Å²) >= 11 is 0. The summed E-state index contributed by atoms with van der Waals surface area (Å²) in [6.45, 7) is 7.43. The molecule has 0 radical (unpaired) electrons. The molecule has 0 aromatic carbocycles. The fourth-order valence-corrected chi connectivity index (χ4v) is 0.909. The van der Waals surface area contributed by atoms with Crippen LogP contribution in [0.25, 0.3) is 0 Å². The topological polar surface area (TPSA) is 49.4 Å². The minimum absolute atomic E-state index is 0.00810. The van der Waals surface area contributed by atoms with Gasteiger partial charge in [0.1, 0.15) is 0 Å². The van der Waals surface area contributed by atoms with Crippen LogP contribution in [0.3, 0.4) is 0 Å². The molecule has 4 heteroatoms. The van der Waals surface area contributed by atoms with E-state index < -0.39 is 0 Å². The highest BCUT2D eigenvalue weighted by Gasteiger charge is 2.08. The van der Waals surface area contributed by atoms with Crippen molar-refractivity contribution in [1.82, 2.24) is 10.2 Å².